The molecule has 0 aliphatic heterocycles. The number of hydrogen-bond acceptors (Lipinski definition) is 4. The van der Waals surface area contributed by atoms with Crippen molar-refractivity contribution in [3.05, 3.63) is 0 Å². The maximum atomic E-state index is 11.7. The second kappa shape index (κ2) is 5.97. The van der Waals surface area contributed by atoms with Gasteiger partial charge in [0.05, 0.1) is 6.42 Å². The molecule has 106 valence electrons. The number of carboxylic acid groups (broad SMARTS) is 2. The highest BCUT2D eigenvalue weighted by molar-refractivity contribution is 7.87. The van der Waals surface area contributed by atoms with E-state index in [0.29, 0.717) is 0 Å². The Morgan fingerprint density at radius 1 is 1.22 bits per heavy atom. The van der Waals surface area contributed by atoms with Crippen LogP contribution in [0.15, 0.2) is 0 Å². The first kappa shape index (κ1) is 16.6. The highest BCUT2D eigenvalue weighted by Crippen LogP contribution is 2.12. The fourth-order valence-electron chi connectivity index (χ4n) is 0.760. The van der Waals surface area contributed by atoms with Crippen LogP contribution in [0.3, 0.4) is 0 Å². The third-order valence-corrected chi connectivity index (χ3v) is 2.56. The number of halogens is 3. The third-order valence-electron chi connectivity index (χ3n) is 1.44. The van der Waals surface area contributed by atoms with Crippen LogP contribution in [0.5, 0.6) is 0 Å². The zero-order valence-electron chi connectivity index (χ0n) is 8.56. The van der Waals surface area contributed by atoms with Gasteiger partial charge in [0, 0.05) is 0 Å². The van der Waals surface area contributed by atoms with Gasteiger partial charge in [0.15, 0.2) is 0 Å². The summed E-state index contributed by atoms with van der Waals surface area (Å²) < 4.78 is 59.5. The molecule has 0 saturated heterocycles. The second-order valence-electron chi connectivity index (χ2n) is 3.05. The minimum Gasteiger partial charge on any atom is -0.481 e. The van der Waals surface area contributed by atoms with Crippen LogP contribution in [0, 0.1) is 0 Å². The van der Waals surface area contributed by atoms with Gasteiger partial charge in [0.25, 0.3) is 10.2 Å². The molecule has 0 aromatic heterocycles. The Morgan fingerprint density at radius 3 is 2.06 bits per heavy atom. The summed E-state index contributed by atoms with van der Waals surface area (Å²) in [4.78, 5) is 20.7. The maximum absolute atomic E-state index is 11.7. The predicted molar refractivity (Wildman–Crippen MR) is 49.8 cm³/mol. The lowest BCUT2D eigenvalue weighted by atomic mass is 10.2. The van der Waals surface area contributed by atoms with Gasteiger partial charge in [-0.15, -0.1) is 0 Å². The van der Waals surface area contributed by atoms with Crippen molar-refractivity contribution in [2.24, 2.45) is 0 Å². The van der Waals surface area contributed by atoms with Crippen molar-refractivity contribution in [2.75, 3.05) is 6.54 Å². The van der Waals surface area contributed by atoms with Gasteiger partial charge in [-0.1, -0.05) is 0 Å². The Morgan fingerprint density at radius 2 is 1.72 bits per heavy atom. The summed E-state index contributed by atoms with van der Waals surface area (Å²) in [5.74, 6) is -3.45. The largest absolute Gasteiger partial charge is 0.481 e. The first-order valence-corrected chi connectivity index (χ1v) is 5.69. The summed E-state index contributed by atoms with van der Waals surface area (Å²) in [6.07, 6.45) is -5.93. The van der Waals surface area contributed by atoms with Crippen molar-refractivity contribution < 1.29 is 41.4 Å². The van der Waals surface area contributed by atoms with Crippen LogP contribution in [0.25, 0.3) is 0 Å². The molecule has 18 heavy (non-hydrogen) atoms. The molecule has 0 aromatic rings. The van der Waals surface area contributed by atoms with E-state index < -0.39 is 47.3 Å². The Kier molecular flexibility index (Phi) is 5.51. The number of alkyl halides is 3. The normalized spacial score (nSPS) is 14.2. The lowest BCUT2D eigenvalue weighted by molar-refractivity contribution is -0.145. The number of aliphatic carboxylic acids is 2. The van der Waals surface area contributed by atoms with Crippen LogP contribution < -0.4 is 9.44 Å². The maximum Gasteiger partial charge on any atom is 0.402 e. The van der Waals surface area contributed by atoms with Gasteiger partial charge >= 0.3 is 18.1 Å². The van der Waals surface area contributed by atoms with Gasteiger partial charge in [0.1, 0.15) is 12.6 Å². The van der Waals surface area contributed by atoms with E-state index in [0.717, 1.165) is 4.72 Å². The molecule has 0 saturated carbocycles. The summed E-state index contributed by atoms with van der Waals surface area (Å²) in [5.41, 5.74) is 0. The molecule has 1 atom stereocenters. The Labute approximate surface area is 99.0 Å². The molecule has 0 radical (unpaired) electrons. The number of nitrogens with one attached hydrogen (secondary N) is 2. The van der Waals surface area contributed by atoms with Crippen molar-refractivity contribution in [1.82, 2.24) is 9.44 Å². The topological polar surface area (TPSA) is 133 Å². The molecule has 0 aliphatic rings. The molecule has 0 unspecified atom stereocenters. The zero-order valence-corrected chi connectivity index (χ0v) is 9.38. The van der Waals surface area contributed by atoms with Crippen LogP contribution in [0.4, 0.5) is 13.2 Å². The standard InChI is InChI=1S/C6H9F3N2O6S/c7-6(8,9)2-10-18(16,17)11-3(5(14)15)1-4(12)13/h3,10-11H,1-2H2,(H,12,13)(H,14,15)/t3-/m1/s1. The average molecular weight is 294 g/mol. The quantitative estimate of drug-likeness (QED) is 0.471. The van der Waals surface area contributed by atoms with Crippen molar-refractivity contribution >= 4 is 22.1 Å². The summed E-state index contributed by atoms with van der Waals surface area (Å²) in [6, 6.07) is -2.06. The Balaban J connectivity index is 4.62. The van der Waals surface area contributed by atoms with E-state index in [1.54, 1.807) is 0 Å². The van der Waals surface area contributed by atoms with E-state index in [1.165, 1.54) is 4.72 Å². The molecule has 0 bridgehead atoms. The van der Waals surface area contributed by atoms with Gasteiger partial charge in [-0.2, -0.15) is 31.0 Å². The van der Waals surface area contributed by atoms with Gasteiger partial charge in [0.2, 0.25) is 0 Å². The van der Waals surface area contributed by atoms with Crippen LogP contribution in [0.1, 0.15) is 6.42 Å². The minimum atomic E-state index is -4.82. The smallest absolute Gasteiger partial charge is 0.402 e. The molecular weight excluding hydrogens is 285 g/mol. The first-order chi connectivity index (χ1) is 7.93. The van der Waals surface area contributed by atoms with Crippen LogP contribution in [-0.2, 0) is 19.8 Å². The number of rotatable bonds is 7. The molecule has 4 N–H and O–H groups in total. The first-order valence-electron chi connectivity index (χ1n) is 4.21. The minimum absolute atomic E-state index is 1.04. The summed E-state index contributed by atoms with van der Waals surface area (Å²) in [7, 11) is -4.77. The van der Waals surface area contributed by atoms with Crippen LogP contribution in [-0.4, -0.2) is 49.3 Å². The molecular formula is C6H9F3N2O6S. The highest BCUT2D eigenvalue weighted by Gasteiger charge is 2.32. The molecule has 0 aromatic carbocycles. The van der Waals surface area contributed by atoms with Gasteiger partial charge in [-0.3, -0.25) is 9.59 Å². The molecule has 0 rings (SSSR count). The van der Waals surface area contributed by atoms with Crippen molar-refractivity contribution in [3.63, 3.8) is 0 Å². The van der Waals surface area contributed by atoms with Crippen molar-refractivity contribution in [2.45, 2.75) is 18.6 Å². The van der Waals surface area contributed by atoms with Crippen LogP contribution in [0.2, 0.25) is 0 Å². The second-order valence-corrected chi connectivity index (χ2v) is 4.58. The van der Waals surface area contributed by atoms with E-state index in [2.05, 4.69) is 0 Å². The number of carboxylic acids is 2. The lowest BCUT2D eigenvalue weighted by Gasteiger charge is -2.14. The van der Waals surface area contributed by atoms with E-state index >= 15 is 0 Å². The van der Waals surface area contributed by atoms with E-state index in [-0.39, 0.29) is 0 Å². The average Bonchev–Trinajstić information content (AvgIpc) is 2.11. The van der Waals surface area contributed by atoms with Gasteiger partial charge in [-0.25, -0.2) is 0 Å². The summed E-state index contributed by atoms with van der Waals surface area (Å²) >= 11 is 0. The molecule has 0 spiro atoms. The molecule has 0 heterocycles. The van der Waals surface area contributed by atoms with Crippen molar-refractivity contribution in [1.29, 1.82) is 0 Å². The van der Waals surface area contributed by atoms with E-state index in [1.807, 2.05) is 0 Å². The third kappa shape index (κ3) is 7.81. The summed E-state index contributed by atoms with van der Waals surface area (Å²) in [5, 5.41) is 16.8. The fraction of sp³-hybridized carbons (Fsp3) is 0.667. The van der Waals surface area contributed by atoms with Crippen LogP contribution >= 0.6 is 0 Å². The molecule has 0 aliphatic carbocycles. The number of carbonyl (C=O) groups is 2. The highest BCUT2D eigenvalue weighted by atomic mass is 32.2. The van der Waals surface area contributed by atoms with Gasteiger partial charge < -0.3 is 10.2 Å². The predicted octanol–water partition coefficient (Wildman–Crippen LogP) is -1.10. The van der Waals surface area contributed by atoms with E-state index in [9.17, 15) is 31.2 Å². The Bertz CT molecular complexity index is 420. The zero-order chi connectivity index (χ0) is 14.6. The molecule has 8 nitrogen and oxygen atoms in total. The fourth-order valence-corrected chi connectivity index (χ4v) is 1.76. The monoisotopic (exact) mass is 294 g/mol. The number of hydrogen-bond donors (Lipinski definition) is 4. The van der Waals surface area contributed by atoms with Crippen molar-refractivity contribution in [3.8, 4) is 0 Å². The van der Waals surface area contributed by atoms with Gasteiger partial charge in [-0.05, 0) is 0 Å². The molecule has 12 heteroatoms. The Hall–Kier alpha value is -1.40. The lowest BCUT2D eigenvalue weighted by Crippen LogP contribution is -2.49. The summed E-state index contributed by atoms with van der Waals surface area (Å²) in [6.45, 7) is -1.90. The molecule has 0 amide bonds. The molecule has 0 fully saturated rings. The SMILES string of the molecule is O=C(O)C[C@@H](NS(=O)(=O)NCC(F)(F)F)C(=O)O. The van der Waals surface area contributed by atoms with E-state index in [4.69, 9.17) is 10.2 Å².